The molecule has 1 saturated heterocycles. The summed E-state index contributed by atoms with van der Waals surface area (Å²) in [6, 6.07) is 5.88. The van der Waals surface area contributed by atoms with Gasteiger partial charge in [0, 0.05) is 12.7 Å². The normalized spacial score (nSPS) is 20.2. The van der Waals surface area contributed by atoms with Gasteiger partial charge in [-0.25, -0.2) is 13.4 Å². The fraction of sp³-hybridized carbons (Fsp3) is 0.364. The van der Waals surface area contributed by atoms with Gasteiger partial charge < -0.3 is 0 Å². The third-order valence-corrected chi connectivity index (χ3v) is 4.76. The van der Waals surface area contributed by atoms with Crippen LogP contribution in [-0.2, 0) is 10.0 Å². The molecule has 0 aliphatic carbocycles. The number of hydrogen-bond donors (Lipinski definition) is 0. The SMILES string of the molecule is N#Cc1ncccc1S(=O)(=O)N1CCCC1C#N. The summed E-state index contributed by atoms with van der Waals surface area (Å²) >= 11 is 0. The highest BCUT2D eigenvalue weighted by molar-refractivity contribution is 7.89. The van der Waals surface area contributed by atoms with Gasteiger partial charge in [0.25, 0.3) is 0 Å². The summed E-state index contributed by atoms with van der Waals surface area (Å²) in [6.45, 7) is 0.306. The first-order valence-corrected chi connectivity index (χ1v) is 6.82. The van der Waals surface area contributed by atoms with E-state index in [1.807, 2.05) is 6.07 Å². The fourth-order valence-electron chi connectivity index (χ4n) is 1.97. The number of rotatable bonds is 2. The number of nitriles is 2. The van der Waals surface area contributed by atoms with E-state index in [0.29, 0.717) is 19.4 Å². The van der Waals surface area contributed by atoms with Crippen molar-refractivity contribution < 1.29 is 8.42 Å². The molecule has 7 heteroatoms. The zero-order valence-electron chi connectivity index (χ0n) is 9.44. The summed E-state index contributed by atoms with van der Waals surface area (Å²) in [5, 5.41) is 17.8. The lowest BCUT2D eigenvalue weighted by molar-refractivity contribution is 0.437. The van der Waals surface area contributed by atoms with Gasteiger partial charge in [0.1, 0.15) is 17.0 Å². The Morgan fingerprint density at radius 3 is 2.89 bits per heavy atom. The second-order valence-corrected chi connectivity index (χ2v) is 5.72. The molecule has 0 bridgehead atoms. The molecule has 1 aliphatic rings. The first-order chi connectivity index (χ1) is 8.61. The van der Waals surface area contributed by atoms with Crippen molar-refractivity contribution in [2.24, 2.45) is 0 Å². The molecule has 1 unspecified atom stereocenters. The maximum Gasteiger partial charge on any atom is 0.247 e. The quantitative estimate of drug-likeness (QED) is 0.778. The minimum absolute atomic E-state index is 0.130. The Bertz CT molecular complexity index is 642. The second-order valence-electron chi connectivity index (χ2n) is 3.86. The van der Waals surface area contributed by atoms with E-state index in [4.69, 9.17) is 10.5 Å². The van der Waals surface area contributed by atoms with Crippen LogP contribution in [-0.4, -0.2) is 30.3 Å². The lowest BCUT2D eigenvalue weighted by Crippen LogP contribution is -2.35. The summed E-state index contributed by atoms with van der Waals surface area (Å²) in [7, 11) is -3.82. The Hall–Kier alpha value is -1.96. The highest BCUT2D eigenvalue weighted by Gasteiger charge is 2.36. The molecule has 0 aromatic carbocycles. The van der Waals surface area contributed by atoms with Crippen molar-refractivity contribution in [3.63, 3.8) is 0 Å². The van der Waals surface area contributed by atoms with Crippen LogP contribution in [0.25, 0.3) is 0 Å². The molecule has 1 atom stereocenters. The van der Waals surface area contributed by atoms with Gasteiger partial charge in [-0.15, -0.1) is 0 Å². The maximum atomic E-state index is 12.4. The van der Waals surface area contributed by atoms with E-state index in [1.54, 1.807) is 6.07 Å². The minimum atomic E-state index is -3.82. The predicted molar refractivity (Wildman–Crippen MR) is 61.5 cm³/mol. The molecule has 1 aliphatic heterocycles. The molecule has 0 amide bonds. The molecule has 2 heterocycles. The van der Waals surface area contributed by atoms with Gasteiger partial charge in [0.15, 0.2) is 5.69 Å². The molecule has 0 radical (unpaired) electrons. The van der Waals surface area contributed by atoms with Crippen molar-refractivity contribution in [2.45, 2.75) is 23.8 Å². The van der Waals surface area contributed by atoms with Gasteiger partial charge >= 0.3 is 0 Å². The van der Waals surface area contributed by atoms with Gasteiger partial charge in [0.05, 0.1) is 6.07 Å². The Morgan fingerprint density at radius 1 is 1.44 bits per heavy atom. The van der Waals surface area contributed by atoms with Crippen LogP contribution in [0.1, 0.15) is 18.5 Å². The molecular formula is C11H10N4O2S. The van der Waals surface area contributed by atoms with E-state index >= 15 is 0 Å². The van der Waals surface area contributed by atoms with Crippen molar-refractivity contribution in [1.29, 1.82) is 10.5 Å². The fourth-order valence-corrected chi connectivity index (χ4v) is 3.67. The summed E-state index contributed by atoms with van der Waals surface area (Å²) in [5.41, 5.74) is -0.138. The van der Waals surface area contributed by atoms with Crippen LogP contribution in [0.5, 0.6) is 0 Å². The Kier molecular flexibility index (Phi) is 3.28. The average molecular weight is 262 g/mol. The van der Waals surface area contributed by atoms with Crippen molar-refractivity contribution in [3.8, 4) is 12.1 Å². The highest BCUT2D eigenvalue weighted by atomic mass is 32.2. The first-order valence-electron chi connectivity index (χ1n) is 5.38. The Labute approximate surface area is 105 Å². The third-order valence-electron chi connectivity index (χ3n) is 2.82. The van der Waals surface area contributed by atoms with E-state index in [9.17, 15) is 8.42 Å². The summed E-state index contributed by atoms with van der Waals surface area (Å²) in [4.78, 5) is 3.61. The van der Waals surface area contributed by atoms with Crippen LogP contribution in [0.3, 0.4) is 0 Å². The number of nitrogens with zero attached hydrogens (tertiary/aromatic N) is 4. The number of aromatic nitrogens is 1. The number of pyridine rings is 1. The zero-order valence-corrected chi connectivity index (χ0v) is 10.3. The van der Waals surface area contributed by atoms with Crippen molar-refractivity contribution in [2.75, 3.05) is 6.54 Å². The van der Waals surface area contributed by atoms with Gasteiger partial charge in [0.2, 0.25) is 10.0 Å². The molecule has 1 fully saturated rings. The average Bonchev–Trinajstić information content (AvgIpc) is 2.87. The van der Waals surface area contributed by atoms with E-state index in [2.05, 4.69) is 4.98 Å². The standard InChI is InChI=1S/C11H10N4O2S/c12-7-9-3-2-6-15(9)18(16,17)11-4-1-5-14-10(11)8-13/h1,4-5,9H,2-3,6H2. The van der Waals surface area contributed by atoms with Gasteiger partial charge in [-0.05, 0) is 25.0 Å². The van der Waals surface area contributed by atoms with E-state index < -0.39 is 16.1 Å². The molecule has 0 saturated carbocycles. The van der Waals surface area contributed by atoms with Gasteiger partial charge in [-0.2, -0.15) is 14.8 Å². The molecule has 92 valence electrons. The smallest absolute Gasteiger partial charge is 0.244 e. The maximum absolute atomic E-state index is 12.4. The lowest BCUT2D eigenvalue weighted by atomic mass is 10.2. The van der Waals surface area contributed by atoms with Crippen molar-refractivity contribution in [3.05, 3.63) is 24.0 Å². The lowest BCUT2D eigenvalue weighted by Gasteiger charge is -2.19. The molecule has 6 nitrogen and oxygen atoms in total. The third kappa shape index (κ3) is 1.94. The van der Waals surface area contributed by atoms with Crippen LogP contribution >= 0.6 is 0 Å². The molecule has 18 heavy (non-hydrogen) atoms. The Balaban J connectivity index is 2.50. The van der Waals surface area contributed by atoms with E-state index in [-0.39, 0.29) is 10.6 Å². The molecule has 1 aromatic rings. The van der Waals surface area contributed by atoms with Crippen LogP contribution in [0.4, 0.5) is 0 Å². The highest BCUT2D eigenvalue weighted by Crippen LogP contribution is 2.26. The topological polar surface area (TPSA) is 97.8 Å². The van der Waals surface area contributed by atoms with Crippen LogP contribution in [0, 0.1) is 22.7 Å². The first kappa shape index (κ1) is 12.5. The molecular weight excluding hydrogens is 252 g/mol. The Morgan fingerprint density at radius 2 is 2.22 bits per heavy atom. The van der Waals surface area contributed by atoms with E-state index in [1.165, 1.54) is 18.3 Å². The molecule has 1 aromatic heterocycles. The van der Waals surface area contributed by atoms with E-state index in [0.717, 1.165) is 4.31 Å². The van der Waals surface area contributed by atoms with Crippen LogP contribution < -0.4 is 0 Å². The number of hydrogen-bond acceptors (Lipinski definition) is 5. The second kappa shape index (κ2) is 4.73. The van der Waals surface area contributed by atoms with Gasteiger partial charge in [-0.3, -0.25) is 0 Å². The monoisotopic (exact) mass is 262 g/mol. The van der Waals surface area contributed by atoms with Crippen LogP contribution in [0.15, 0.2) is 23.2 Å². The molecule has 2 rings (SSSR count). The van der Waals surface area contributed by atoms with Crippen molar-refractivity contribution >= 4 is 10.0 Å². The predicted octanol–water partition coefficient (Wildman–Crippen LogP) is 0.630. The largest absolute Gasteiger partial charge is 0.247 e. The molecule has 0 N–H and O–H groups in total. The summed E-state index contributed by atoms with van der Waals surface area (Å²) in [6.07, 6.45) is 2.54. The van der Waals surface area contributed by atoms with Crippen LogP contribution in [0.2, 0.25) is 0 Å². The number of sulfonamides is 1. The zero-order chi connectivity index (χ0) is 13.2. The summed E-state index contributed by atoms with van der Waals surface area (Å²) < 4.78 is 25.9. The minimum Gasteiger partial charge on any atom is -0.244 e. The summed E-state index contributed by atoms with van der Waals surface area (Å²) in [5.74, 6) is 0. The molecule has 0 spiro atoms. The van der Waals surface area contributed by atoms with Gasteiger partial charge in [-0.1, -0.05) is 0 Å². The van der Waals surface area contributed by atoms with Crippen molar-refractivity contribution in [1.82, 2.24) is 9.29 Å².